The number of hydrogen-bond acceptors (Lipinski definition) is 7. The highest BCUT2D eigenvalue weighted by Crippen LogP contribution is 2.36. The second kappa shape index (κ2) is 7.56. The van der Waals surface area contributed by atoms with Gasteiger partial charge in [0.05, 0.1) is 23.8 Å². The van der Waals surface area contributed by atoms with Crippen LogP contribution in [0.15, 0.2) is 53.3 Å². The molecule has 2 aliphatic heterocycles. The van der Waals surface area contributed by atoms with E-state index in [1.807, 2.05) is 30.3 Å². The lowest BCUT2D eigenvalue weighted by molar-refractivity contribution is 0.0989. The lowest BCUT2D eigenvalue weighted by Crippen LogP contribution is -2.43. The largest absolute Gasteiger partial charge is 0.480 e. The normalized spacial score (nSPS) is 18.2. The second-order valence-electron chi connectivity index (χ2n) is 7.07. The Balaban J connectivity index is 1.30. The molecule has 0 saturated carbocycles. The summed E-state index contributed by atoms with van der Waals surface area (Å²) in [4.78, 5) is 23.4. The number of pyridine rings is 1. The van der Waals surface area contributed by atoms with E-state index < -0.39 is 0 Å². The molecule has 3 aromatic rings. The molecule has 2 N–H and O–H groups in total. The van der Waals surface area contributed by atoms with Gasteiger partial charge in [-0.2, -0.15) is 0 Å². The molecule has 1 unspecified atom stereocenters. The van der Waals surface area contributed by atoms with Crippen LogP contribution in [0.2, 0.25) is 0 Å². The molecule has 0 bridgehead atoms. The molecule has 0 spiro atoms. The van der Waals surface area contributed by atoms with Crippen molar-refractivity contribution in [2.24, 2.45) is 0 Å². The molecule has 5 rings (SSSR count). The SMILES string of the molecule is O=C(Nc1cnccc1N1CCNCC1)c1cnc(C2Cc3ccccc3O2)o1. The van der Waals surface area contributed by atoms with Crippen LogP contribution in [-0.2, 0) is 6.42 Å². The number of aromatic nitrogens is 2. The summed E-state index contributed by atoms with van der Waals surface area (Å²) in [6.45, 7) is 3.56. The van der Waals surface area contributed by atoms with Crippen molar-refractivity contribution < 1.29 is 13.9 Å². The monoisotopic (exact) mass is 391 g/mol. The number of benzene rings is 1. The van der Waals surface area contributed by atoms with Crippen molar-refractivity contribution in [3.63, 3.8) is 0 Å². The van der Waals surface area contributed by atoms with Gasteiger partial charge in [0, 0.05) is 38.8 Å². The van der Waals surface area contributed by atoms with E-state index in [1.54, 1.807) is 12.4 Å². The Morgan fingerprint density at radius 1 is 1.17 bits per heavy atom. The molecule has 1 amide bonds. The average molecular weight is 391 g/mol. The number of nitrogens with one attached hydrogen (secondary N) is 2. The van der Waals surface area contributed by atoms with Crippen molar-refractivity contribution in [3.05, 3.63) is 66.1 Å². The first-order chi connectivity index (χ1) is 14.3. The van der Waals surface area contributed by atoms with Crippen molar-refractivity contribution in [2.45, 2.75) is 12.5 Å². The highest BCUT2D eigenvalue weighted by molar-refractivity contribution is 6.03. The van der Waals surface area contributed by atoms with Gasteiger partial charge in [0.1, 0.15) is 5.75 Å². The molecule has 2 aromatic heterocycles. The van der Waals surface area contributed by atoms with Gasteiger partial charge in [-0.1, -0.05) is 18.2 Å². The van der Waals surface area contributed by atoms with E-state index in [9.17, 15) is 4.79 Å². The van der Waals surface area contributed by atoms with E-state index in [1.165, 1.54) is 6.20 Å². The van der Waals surface area contributed by atoms with Gasteiger partial charge < -0.3 is 24.7 Å². The van der Waals surface area contributed by atoms with Crippen molar-refractivity contribution in [3.8, 4) is 5.75 Å². The summed E-state index contributed by atoms with van der Waals surface area (Å²) in [6, 6.07) is 9.76. The minimum Gasteiger partial charge on any atom is -0.480 e. The highest BCUT2D eigenvalue weighted by atomic mass is 16.5. The van der Waals surface area contributed by atoms with Gasteiger partial charge in [-0.3, -0.25) is 9.78 Å². The smallest absolute Gasteiger partial charge is 0.293 e. The minimum absolute atomic E-state index is 0.148. The number of amides is 1. The highest BCUT2D eigenvalue weighted by Gasteiger charge is 2.29. The van der Waals surface area contributed by atoms with Crippen LogP contribution in [0.5, 0.6) is 5.75 Å². The summed E-state index contributed by atoms with van der Waals surface area (Å²) in [7, 11) is 0. The summed E-state index contributed by atoms with van der Waals surface area (Å²) in [6.07, 6.45) is 5.19. The fourth-order valence-electron chi connectivity index (χ4n) is 3.71. The number of para-hydroxylation sites is 1. The zero-order valence-electron chi connectivity index (χ0n) is 15.8. The molecule has 8 heteroatoms. The molecule has 0 aliphatic carbocycles. The van der Waals surface area contributed by atoms with Crippen molar-refractivity contribution >= 4 is 17.3 Å². The van der Waals surface area contributed by atoms with Crippen LogP contribution in [0.4, 0.5) is 11.4 Å². The van der Waals surface area contributed by atoms with Gasteiger partial charge >= 0.3 is 0 Å². The number of hydrogen-bond donors (Lipinski definition) is 2. The maximum Gasteiger partial charge on any atom is 0.293 e. The van der Waals surface area contributed by atoms with Crippen LogP contribution in [0, 0.1) is 0 Å². The minimum atomic E-state index is -0.358. The first-order valence-electron chi connectivity index (χ1n) is 9.69. The van der Waals surface area contributed by atoms with E-state index in [4.69, 9.17) is 9.15 Å². The molecule has 4 heterocycles. The zero-order chi connectivity index (χ0) is 19.6. The fourth-order valence-corrected chi connectivity index (χ4v) is 3.71. The molecule has 1 atom stereocenters. The summed E-state index contributed by atoms with van der Waals surface area (Å²) in [5, 5.41) is 6.23. The first-order valence-corrected chi connectivity index (χ1v) is 9.69. The Kier molecular flexibility index (Phi) is 4.61. The van der Waals surface area contributed by atoms with E-state index in [0.717, 1.165) is 43.2 Å². The second-order valence-corrected chi connectivity index (χ2v) is 7.07. The number of carbonyl (C=O) groups excluding carboxylic acids is 1. The van der Waals surface area contributed by atoms with E-state index in [-0.39, 0.29) is 17.8 Å². The van der Waals surface area contributed by atoms with E-state index in [0.29, 0.717) is 18.0 Å². The lowest BCUT2D eigenvalue weighted by Gasteiger charge is -2.30. The molecule has 29 heavy (non-hydrogen) atoms. The number of anilines is 2. The van der Waals surface area contributed by atoms with Crippen molar-refractivity contribution in [1.29, 1.82) is 0 Å². The molecular weight excluding hydrogens is 370 g/mol. The van der Waals surface area contributed by atoms with Crippen LogP contribution in [-0.4, -0.2) is 42.1 Å². The number of piperazine rings is 1. The van der Waals surface area contributed by atoms with Crippen LogP contribution < -0.4 is 20.3 Å². The van der Waals surface area contributed by atoms with Gasteiger partial charge in [0.25, 0.3) is 5.91 Å². The van der Waals surface area contributed by atoms with Crippen molar-refractivity contribution in [2.75, 3.05) is 36.4 Å². The third-order valence-electron chi connectivity index (χ3n) is 5.17. The third kappa shape index (κ3) is 3.54. The molecule has 2 aliphatic rings. The molecule has 1 aromatic carbocycles. The molecule has 8 nitrogen and oxygen atoms in total. The Bertz CT molecular complexity index is 1000. The van der Waals surface area contributed by atoms with Gasteiger partial charge in [-0.15, -0.1) is 0 Å². The average Bonchev–Trinajstić information content (AvgIpc) is 3.42. The van der Waals surface area contributed by atoms with E-state index >= 15 is 0 Å². The topological polar surface area (TPSA) is 92.5 Å². The molecule has 1 saturated heterocycles. The van der Waals surface area contributed by atoms with Gasteiger partial charge in [0.2, 0.25) is 11.7 Å². The van der Waals surface area contributed by atoms with Crippen LogP contribution >= 0.6 is 0 Å². The molecule has 0 radical (unpaired) electrons. The predicted molar refractivity (Wildman–Crippen MR) is 107 cm³/mol. The molecular formula is C21H21N5O3. The number of nitrogens with zero attached hydrogens (tertiary/aromatic N) is 3. The maximum absolute atomic E-state index is 12.8. The maximum atomic E-state index is 12.8. The summed E-state index contributed by atoms with van der Waals surface area (Å²) in [5.41, 5.74) is 2.71. The number of ether oxygens (including phenoxy) is 1. The van der Waals surface area contributed by atoms with Crippen LogP contribution in [0.3, 0.4) is 0 Å². The summed E-state index contributed by atoms with van der Waals surface area (Å²) < 4.78 is 11.6. The summed E-state index contributed by atoms with van der Waals surface area (Å²) in [5.74, 6) is 1.02. The number of fused-ring (bicyclic) bond motifs is 1. The van der Waals surface area contributed by atoms with Gasteiger partial charge in [-0.05, 0) is 17.7 Å². The Morgan fingerprint density at radius 2 is 2.03 bits per heavy atom. The summed E-state index contributed by atoms with van der Waals surface area (Å²) >= 11 is 0. The molecule has 148 valence electrons. The Hall–Kier alpha value is -3.39. The lowest BCUT2D eigenvalue weighted by atomic mass is 10.1. The number of oxazole rings is 1. The van der Waals surface area contributed by atoms with Gasteiger partial charge in [0.15, 0.2) is 6.10 Å². The first kappa shape index (κ1) is 17.7. The number of rotatable bonds is 4. The molecule has 1 fully saturated rings. The van der Waals surface area contributed by atoms with Crippen molar-refractivity contribution in [1.82, 2.24) is 15.3 Å². The standard InChI is InChI=1S/C21H21N5O3/c27-20(25-15-12-23-6-5-16(15)26-9-7-22-8-10-26)19-13-24-21(29-19)18-11-14-3-1-2-4-17(14)28-18/h1-6,12-13,18,22H,7-11H2,(H,25,27). The zero-order valence-corrected chi connectivity index (χ0v) is 15.8. The van der Waals surface area contributed by atoms with Crippen LogP contribution in [0.1, 0.15) is 28.1 Å². The number of carbonyl (C=O) groups is 1. The Labute approximate surface area is 167 Å². The van der Waals surface area contributed by atoms with E-state index in [2.05, 4.69) is 25.5 Å². The fraction of sp³-hybridized carbons (Fsp3) is 0.286. The quantitative estimate of drug-likeness (QED) is 0.705. The predicted octanol–water partition coefficient (Wildman–Crippen LogP) is 2.41. The Morgan fingerprint density at radius 3 is 2.90 bits per heavy atom. The van der Waals surface area contributed by atoms with Crippen LogP contribution in [0.25, 0.3) is 0 Å². The van der Waals surface area contributed by atoms with Gasteiger partial charge in [-0.25, -0.2) is 4.98 Å². The third-order valence-corrected chi connectivity index (χ3v) is 5.17.